The molecular formula is C13H16N6O2. The predicted molar refractivity (Wildman–Crippen MR) is 73.5 cm³/mol. The van der Waals surface area contributed by atoms with Crippen molar-refractivity contribution in [2.45, 2.75) is 18.9 Å². The number of carbonyl (C=O) groups is 2. The molecule has 1 saturated carbocycles. The van der Waals surface area contributed by atoms with Crippen molar-refractivity contribution >= 4 is 11.8 Å². The monoisotopic (exact) mass is 288 g/mol. The number of nitrogens with zero attached hydrogens (tertiary/aromatic N) is 2. The average Bonchev–Trinajstić information content (AvgIpc) is 2.98. The van der Waals surface area contributed by atoms with Crippen LogP contribution in [0.25, 0.3) is 0 Å². The van der Waals surface area contributed by atoms with Gasteiger partial charge in [-0.3, -0.25) is 19.8 Å². The van der Waals surface area contributed by atoms with E-state index in [4.69, 9.17) is 0 Å². The van der Waals surface area contributed by atoms with Gasteiger partial charge < -0.3 is 10.6 Å². The highest BCUT2D eigenvalue weighted by Crippen LogP contribution is 2.32. The minimum atomic E-state index is -0.228. The van der Waals surface area contributed by atoms with Crippen LogP contribution in [-0.4, -0.2) is 44.8 Å². The zero-order chi connectivity index (χ0) is 14.7. The van der Waals surface area contributed by atoms with Crippen LogP contribution in [0.3, 0.4) is 0 Å². The van der Waals surface area contributed by atoms with E-state index in [2.05, 4.69) is 31.0 Å². The second-order valence-electron chi connectivity index (χ2n) is 5.07. The molecule has 1 aliphatic carbocycles. The van der Waals surface area contributed by atoms with Crippen LogP contribution in [0.2, 0.25) is 0 Å². The third-order valence-electron chi connectivity index (χ3n) is 3.48. The minimum absolute atomic E-state index is 0.0762. The highest BCUT2D eigenvalue weighted by atomic mass is 16.2. The van der Waals surface area contributed by atoms with E-state index in [1.165, 1.54) is 12.4 Å². The number of rotatable bonds is 6. The van der Waals surface area contributed by atoms with Crippen LogP contribution in [-0.2, 0) is 0 Å². The first kappa shape index (κ1) is 13.3. The number of amides is 2. The molecule has 2 amide bonds. The highest BCUT2D eigenvalue weighted by molar-refractivity contribution is 5.93. The van der Waals surface area contributed by atoms with Crippen molar-refractivity contribution in [3.63, 3.8) is 0 Å². The number of nitrogens with one attached hydrogen (secondary N) is 4. The predicted octanol–water partition coefficient (Wildman–Crippen LogP) is 0.0712. The summed E-state index contributed by atoms with van der Waals surface area (Å²) >= 11 is 0. The molecule has 0 aromatic carbocycles. The van der Waals surface area contributed by atoms with E-state index in [1.807, 2.05) is 0 Å². The number of aromatic amines is 2. The van der Waals surface area contributed by atoms with Crippen LogP contribution in [0.5, 0.6) is 0 Å². The maximum atomic E-state index is 12.0. The Labute approximate surface area is 120 Å². The van der Waals surface area contributed by atoms with Gasteiger partial charge in [0.05, 0.1) is 0 Å². The zero-order valence-corrected chi connectivity index (χ0v) is 11.3. The van der Waals surface area contributed by atoms with E-state index in [-0.39, 0.29) is 17.9 Å². The fourth-order valence-electron chi connectivity index (χ4n) is 2.14. The SMILES string of the molecule is O=C(NCC(NC(=O)c1ccn[nH]1)C1CC1)c1ccn[nH]1. The van der Waals surface area contributed by atoms with Crippen LogP contribution in [0.15, 0.2) is 24.5 Å². The molecule has 0 saturated heterocycles. The molecule has 8 heteroatoms. The summed E-state index contributed by atoms with van der Waals surface area (Å²) in [5.74, 6) is -0.0203. The van der Waals surface area contributed by atoms with Crippen molar-refractivity contribution in [1.82, 2.24) is 31.0 Å². The lowest BCUT2D eigenvalue weighted by Crippen LogP contribution is -2.45. The van der Waals surface area contributed by atoms with Gasteiger partial charge in [0.15, 0.2) is 0 Å². The second-order valence-corrected chi connectivity index (χ2v) is 5.07. The van der Waals surface area contributed by atoms with Gasteiger partial charge in [0.1, 0.15) is 11.4 Å². The van der Waals surface area contributed by atoms with Gasteiger partial charge in [-0.15, -0.1) is 0 Å². The van der Waals surface area contributed by atoms with Gasteiger partial charge in [-0.05, 0) is 30.9 Å². The van der Waals surface area contributed by atoms with Crippen molar-refractivity contribution < 1.29 is 9.59 Å². The molecule has 0 bridgehead atoms. The molecule has 2 aromatic heterocycles. The summed E-state index contributed by atoms with van der Waals surface area (Å²) in [6, 6.07) is 3.14. The Bertz CT molecular complexity index is 603. The van der Waals surface area contributed by atoms with Gasteiger partial charge in [-0.2, -0.15) is 10.2 Å². The first-order valence-electron chi connectivity index (χ1n) is 6.82. The summed E-state index contributed by atoms with van der Waals surface area (Å²) in [6.45, 7) is 0.391. The number of H-pyrrole nitrogens is 2. The summed E-state index contributed by atoms with van der Waals surface area (Å²) in [5, 5.41) is 18.5. The lowest BCUT2D eigenvalue weighted by Gasteiger charge is -2.18. The van der Waals surface area contributed by atoms with Gasteiger partial charge >= 0.3 is 0 Å². The molecule has 3 rings (SSSR count). The van der Waals surface area contributed by atoms with Crippen LogP contribution < -0.4 is 10.6 Å². The van der Waals surface area contributed by atoms with Crippen molar-refractivity contribution in [3.05, 3.63) is 35.9 Å². The molecule has 0 spiro atoms. The zero-order valence-electron chi connectivity index (χ0n) is 11.3. The summed E-state index contributed by atoms with van der Waals surface area (Å²) in [4.78, 5) is 23.9. The van der Waals surface area contributed by atoms with Crippen molar-refractivity contribution in [2.75, 3.05) is 6.54 Å². The lowest BCUT2D eigenvalue weighted by molar-refractivity contribution is 0.0898. The van der Waals surface area contributed by atoms with Crippen molar-refractivity contribution in [1.29, 1.82) is 0 Å². The molecule has 2 aromatic rings. The fraction of sp³-hybridized carbons (Fsp3) is 0.385. The average molecular weight is 288 g/mol. The molecule has 1 unspecified atom stereocenters. The van der Waals surface area contributed by atoms with Crippen LogP contribution in [0.1, 0.15) is 33.8 Å². The Morgan fingerprint density at radius 3 is 2.29 bits per heavy atom. The molecule has 1 atom stereocenters. The van der Waals surface area contributed by atoms with Gasteiger partial charge in [-0.1, -0.05) is 0 Å². The first-order valence-corrected chi connectivity index (χ1v) is 6.82. The molecule has 8 nitrogen and oxygen atoms in total. The van der Waals surface area contributed by atoms with E-state index in [0.717, 1.165) is 12.8 Å². The van der Waals surface area contributed by atoms with Gasteiger partial charge in [0.25, 0.3) is 11.8 Å². The molecule has 110 valence electrons. The minimum Gasteiger partial charge on any atom is -0.349 e. The number of hydrogen-bond acceptors (Lipinski definition) is 4. The number of hydrogen-bond donors (Lipinski definition) is 4. The molecule has 2 heterocycles. The highest BCUT2D eigenvalue weighted by Gasteiger charge is 2.33. The first-order chi connectivity index (χ1) is 10.2. The second kappa shape index (κ2) is 5.78. The van der Waals surface area contributed by atoms with Crippen LogP contribution in [0, 0.1) is 5.92 Å². The van der Waals surface area contributed by atoms with Crippen molar-refractivity contribution in [3.8, 4) is 0 Å². The van der Waals surface area contributed by atoms with E-state index < -0.39 is 0 Å². The van der Waals surface area contributed by atoms with Gasteiger partial charge in [0.2, 0.25) is 0 Å². The molecule has 0 radical (unpaired) electrons. The van der Waals surface area contributed by atoms with Crippen LogP contribution in [0.4, 0.5) is 0 Å². The Morgan fingerprint density at radius 2 is 1.76 bits per heavy atom. The molecule has 1 aliphatic rings. The Balaban J connectivity index is 1.55. The van der Waals surface area contributed by atoms with E-state index in [1.54, 1.807) is 12.1 Å². The number of carbonyl (C=O) groups excluding carboxylic acids is 2. The number of aromatic nitrogens is 4. The molecule has 0 aliphatic heterocycles. The normalized spacial score (nSPS) is 15.4. The Morgan fingerprint density at radius 1 is 1.14 bits per heavy atom. The van der Waals surface area contributed by atoms with Crippen LogP contribution >= 0.6 is 0 Å². The smallest absolute Gasteiger partial charge is 0.269 e. The fourth-order valence-corrected chi connectivity index (χ4v) is 2.14. The van der Waals surface area contributed by atoms with E-state index in [0.29, 0.717) is 23.9 Å². The Hall–Kier alpha value is -2.64. The largest absolute Gasteiger partial charge is 0.349 e. The molecule has 4 N–H and O–H groups in total. The quantitative estimate of drug-likeness (QED) is 0.602. The third kappa shape index (κ3) is 3.28. The van der Waals surface area contributed by atoms with E-state index >= 15 is 0 Å². The molecular weight excluding hydrogens is 272 g/mol. The maximum Gasteiger partial charge on any atom is 0.269 e. The van der Waals surface area contributed by atoms with Crippen molar-refractivity contribution in [2.24, 2.45) is 5.92 Å². The topological polar surface area (TPSA) is 116 Å². The summed E-state index contributed by atoms with van der Waals surface area (Å²) < 4.78 is 0. The molecule has 21 heavy (non-hydrogen) atoms. The third-order valence-corrected chi connectivity index (χ3v) is 3.48. The lowest BCUT2D eigenvalue weighted by atomic mass is 10.1. The standard InChI is InChI=1S/C13H16N6O2/c20-12(9-3-5-15-18-9)14-7-11(8-1-2-8)17-13(21)10-4-6-16-19-10/h3-6,8,11H,1-2,7H2,(H,14,20)(H,15,18)(H,16,19)(H,17,21). The summed E-state index contributed by atoms with van der Waals surface area (Å²) in [6.07, 6.45) is 5.18. The van der Waals surface area contributed by atoms with Gasteiger partial charge in [-0.25, -0.2) is 0 Å². The molecule has 1 fully saturated rings. The summed E-state index contributed by atoms with van der Waals surface area (Å²) in [5.41, 5.74) is 0.824. The van der Waals surface area contributed by atoms with E-state index in [9.17, 15) is 9.59 Å². The van der Waals surface area contributed by atoms with Gasteiger partial charge in [0, 0.05) is 25.0 Å². The maximum absolute atomic E-state index is 12.0. The Kier molecular flexibility index (Phi) is 3.67. The summed E-state index contributed by atoms with van der Waals surface area (Å²) in [7, 11) is 0.